The lowest BCUT2D eigenvalue weighted by Gasteiger charge is -2.17. The van der Waals surface area contributed by atoms with Gasteiger partial charge in [-0.1, -0.05) is 34.6 Å². The maximum absolute atomic E-state index is 8.36. The van der Waals surface area contributed by atoms with Crippen LogP contribution in [0.5, 0.6) is 0 Å². The first kappa shape index (κ1) is 14.0. The Morgan fingerprint density at radius 3 is 2.08 bits per heavy atom. The minimum atomic E-state index is -0.278. The first-order valence-corrected chi connectivity index (χ1v) is 4.61. The predicted octanol–water partition coefficient (Wildman–Crippen LogP) is 2.94. The molecule has 0 saturated carbocycles. The van der Waals surface area contributed by atoms with Gasteiger partial charge in [-0.05, 0) is 18.3 Å². The van der Waals surface area contributed by atoms with Crippen molar-refractivity contribution >= 4 is 0 Å². The molecule has 0 rings (SSSR count). The molecule has 0 aliphatic carbocycles. The van der Waals surface area contributed by atoms with Crippen molar-refractivity contribution in [3.8, 4) is 6.07 Å². The SMILES string of the molecule is CC.CC(C)(C)CCC(N)C#N.[HH]. The zero-order valence-corrected chi connectivity index (χ0v) is 9.02. The maximum atomic E-state index is 8.36. The molecule has 0 aliphatic rings. The van der Waals surface area contributed by atoms with Crippen LogP contribution in [0, 0.1) is 16.7 Å². The van der Waals surface area contributed by atoms with E-state index in [4.69, 9.17) is 11.0 Å². The van der Waals surface area contributed by atoms with E-state index in [9.17, 15) is 0 Å². The molecule has 0 radical (unpaired) electrons. The van der Waals surface area contributed by atoms with Gasteiger partial charge in [-0.15, -0.1) is 0 Å². The Balaban J connectivity index is -0.000000309. The molecule has 0 aliphatic heterocycles. The van der Waals surface area contributed by atoms with Gasteiger partial charge >= 0.3 is 0 Å². The fourth-order valence-electron chi connectivity index (χ4n) is 0.653. The third kappa shape index (κ3) is 12.2. The molecule has 0 aromatic carbocycles. The molecule has 0 amide bonds. The van der Waals surface area contributed by atoms with Gasteiger partial charge in [0.05, 0.1) is 12.1 Å². The Kier molecular flexibility index (Phi) is 8.31. The minimum absolute atomic E-state index is 0. The van der Waals surface area contributed by atoms with Crippen LogP contribution in [0.1, 0.15) is 48.9 Å². The average molecular weight is 172 g/mol. The lowest BCUT2D eigenvalue weighted by atomic mass is 9.89. The Hall–Kier alpha value is -0.550. The van der Waals surface area contributed by atoms with Gasteiger partial charge in [0, 0.05) is 1.43 Å². The largest absolute Gasteiger partial charge is 0.316 e. The molecule has 2 heteroatoms. The summed E-state index contributed by atoms with van der Waals surface area (Å²) >= 11 is 0. The average Bonchev–Trinajstić information content (AvgIpc) is 2.03. The summed E-state index contributed by atoms with van der Waals surface area (Å²) in [5.41, 5.74) is 5.72. The summed E-state index contributed by atoms with van der Waals surface area (Å²) < 4.78 is 0. The molecule has 1 unspecified atom stereocenters. The topological polar surface area (TPSA) is 49.8 Å². The van der Waals surface area contributed by atoms with E-state index >= 15 is 0 Å². The second-order valence-electron chi connectivity index (χ2n) is 3.83. The molecule has 0 aromatic rings. The van der Waals surface area contributed by atoms with Crippen LogP contribution in [0.3, 0.4) is 0 Å². The van der Waals surface area contributed by atoms with Gasteiger partial charge in [-0.3, -0.25) is 0 Å². The highest BCUT2D eigenvalue weighted by Crippen LogP contribution is 2.20. The highest BCUT2D eigenvalue weighted by Gasteiger charge is 2.11. The van der Waals surface area contributed by atoms with Crippen molar-refractivity contribution in [3.05, 3.63) is 0 Å². The van der Waals surface area contributed by atoms with E-state index in [1.165, 1.54) is 0 Å². The van der Waals surface area contributed by atoms with Crippen molar-refractivity contribution in [2.45, 2.75) is 53.5 Å². The van der Waals surface area contributed by atoms with Crippen molar-refractivity contribution in [1.29, 1.82) is 5.26 Å². The summed E-state index contributed by atoms with van der Waals surface area (Å²) in [4.78, 5) is 0. The second-order valence-corrected chi connectivity index (χ2v) is 3.83. The predicted molar refractivity (Wildman–Crippen MR) is 55.7 cm³/mol. The van der Waals surface area contributed by atoms with Gasteiger partial charge < -0.3 is 5.73 Å². The van der Waals surface area contributed by atoms with E-state index in [1.807, 2.05) is 19.9 Å². The molecule has 2 nitrogen and oxygen atoms in total. The molecule has 12 heavy (non-hydrogen) atoms. The van der Waals surface area contributed by atoms with E-state index < -0.39 is 0 Å². The summed E-state index contributed by atoms with van der Waals surface area (Å²) in [5, 5.41) is 8.36. The van der Waals surface area contributed by atoms with E-state index in [0.29, 0.717) is 5.41 Å². The summed E-state index contributed by atoms with van der Waals surface area (Å²) in [6.07, 6.45) is 1.82. The van der Waals surface area contributed by atoms with Crippen LogP contribution in [-0.4, -0.2) is 6.04 Å². The Labute approximate surface area is 78.2 Å². The first-order valence-electron chi connectivity index (χ1n) is 4.61. The summed E-state index contributed by atoms with van der Waals surface area (Å²) in [6, 6.07) is 1.74. The number of nitrogens with two attached hydrogens (primary N) is 1. The van der Waals surface area contributed by atoms with Gasteiger partial charge in [0.2, 0.25) is 0 Å². The molecule has 0 saturated heterocycles. The van der Waals surface area contributed by atoms with Gasteiger partial charge in [-0.25, -0.2) is 0 Å². The molecular formula is C10H24N2. The minimum Gasteiger partial charge on any atom is -0.316 e. The standard InChI is InChI=1S/C8H16N2.C2H6.H2/c1-8(2,3)5-4-7(10)6-9;1-2;/h7H,4-5,10H2,1-3H3;1-2H3;1H. The van der Waals surface area contributed by atoms with Crippen LogP contribution in [0.25, 0.3) is 0 Å². The van der Waals surface area contributed by atoms with Crippen LogP contribution in [0.2, 0.25) is 0 Å². The van der Waals surface area contributed by atoms with Crippen LogP contribution in [0.4, 0.5) is 0 Å². The van der Waals surface area contributed by atoms with Crippen molar-refractivity contribution in [3.63, 3.8) is 0 Å². The lowest BCUT2D eigenvalue weighted by molar-refractivity contribution is 0.359. The Morgan fingerprint density at radius 1 is 1.42 bits per heavy atom. The van der Waals surface area contributed by atoms with Crippen LogP contribution in [0.15, 0.2) is 0 Å². The lowest BCUT2D eigenvalue weighted by Crippen LogP contribution is -2.19. The Morgan fingerprint density at radius 2 is 1.83 bits per heavy atom. The summed E-state index contributed by atoms with van der Waals surface area (Å²) in [5.74, 6) is 0. The normalized spacial score (nSPS) is 12.4. The van der Waals surface area contributed by atoms with Gasteiger partial charge in [0.15, 0.2) is 0 Å². The van der Waals surface area contributed by atoms with E-state index in [1.54, 1.807) is 0 Å². The van der Waals surface area contributed by atoms with Crippen LogP contribution >= 0.6 is 0 Å². The fourth-order valence-corrected chi connectivity index (χ4v) is 0.653. The monoisotopic (exact) mass is 172 g/mol. The molecule has 0 heterocycles. The number of nitriles is 1. The summed E-state index contributed by atoms with van der Waals surface area (Å²) in [7, 11) is 0. The van der Waals surface area contributed by atoms with Crippen molar-refractivity contribution < 1.29 is 1.43 Å². The molecule has 1 atom stereocenters. The molecule has 0 fully saturated rings. The molecule has 0 bridgehead atoms. The number of hydrogen-bond acceptors (Lipinski definition) is 2. The smallest absolute Gasteiger partial charge is 0.0928 e. The molecule has 0 spiro atoms. The van der Waals surface area contributed by atoms with Crippen molar-refractivity contribution in [1.82, 2.24) is 0 Å². The highest BCUT2D eigenvalue weighted by atomic mass is 14.6. The number of nitrogens with zero attached hydrogens (tertiary/aromatic N) is 1. The first-order chi connectivity index (χ1) is 5.45. The molecular weight excluding hydrogens is 148 g/mol. The van der Waals surface area contributed by atoms with Crippen molar-refractivity contribution in [2.24, 2.45) is 11.1 Å². The number of hydrogen-bond donors (Lipinski definition) is 1. The third-order valence-corrected chi connectivity index (χ3v) is 1.37. The fraction of sp³-hybridized carbons (Fsp3) is 0.900. The van der Waals surface area contributed by atoms with Gasteiger partial charge in [0.25, 0.3) is 0 Å². The number of rotatable bonds is 2. The maximum Gasteiger partial charge on any atom is 0.0928 e. The zero-order valence-electron chi connectivity index (χ0n) is 9.02. The Bertz CT molecular complexity index is 133. The third-order valence-electron chi connectivity index (χ3n) is 1.37. The highest BCUT2D eigenvalue weighted by molar-refractivity contribution is 4.86. The van der Waals surface area contributed by atoms with E-state index in [2.05, 4.69) is 20.8 Å². The molecule has 2 N–H and O–H groups in total. The van der Waals surface area contributed by atoms with Crippen LogP contribution < -0.4 is 5.73 Å². The van der Waals surface area contributed by atoms with E-state index in [-0.39, 0.29) is 7.47 Å². The second kappa shape index (κ2) is 7.12. The van der Waals surface area contributed by atoms with Crippen molar-refractivity contribution in [2.75, 3.05) is 0 Å². The zero-order chi connectivity index (χ0) is 10.2. The summed E-state index contributed by atoms with van der Waals surface area (Å²) in [6.45, 7) is 10.4. The van der Waals surface area contributed by atoms with Gasteiger partial charge in [-0.2, -0.15) is 5.26 Å². The van der Waals surface area contributed by atoms with Gasteiger partial charge in [0.1, 0.15) is 0 Å². The quantitative estimate of drug-likeness (QED) is 0.696. The molecule has 0 aromatic heterocycles. The molecule has 74 valence electrons. The van der Waals surface area contributed by atoms with E-state index in [0.717, 1.165) is 12.8 Å². The van der Waals surface area contributed by atoms with Crippen LogP contribution in [-0.2, 0) is 0 Å².